The zero-order valence-electron chi connectivity index (χ0n) is 16.4. The highest BCUT2D eigenvalue weighted by Gasteiger charge is 2.49. The van der Waals surface area contributed by atoms with Gasteiger partial charge in [0.15, 0.2) is 0 Å². The van der Waals surface area contributed by atoms with E-state index < -0.39 is 0 Å². The summed E-state index contributed by atoms with van der Waals surface area (Å²) in [5, 5.41) is 3.36. The number of hydrogen-bond donors (Lipinski definition) is 2. The Morgan fingerprint density at radius 1 is 1.07 bits per heavy atom. The minimum absolute atomic E-state index is 0. The summed E-state index contributed by atoms with van der Waals surface area (Å²) in [6.45, 7) is 5.72. The maximum absolute atomic E-state index is 12.9. The number of rotatable bonds is 5. The maximum atomic E-state index is 12.9. The molecule has 7 heteroatoms. The number of amides is 1. The zero-order valence-corrected chi connectivity index (χ0v) is 18.0. The van der Waals surface area contributed by atoms with Crippen LogP contribution in [0.25, 0.3) is 0 Å². The molecule has 0 aromatic heterocycles. The van der Waals surface area contributed by atoms with E-state index in [9.17, 15) is 4.79 Å². The van der Waals surface area contributed by atoms with E-state index in [4.69, 9.17) is 10.5 Å². The van der Waals surface area contributed by atoms with Crippen LogP contribution in [-0.4, -0.2) is 56.2 Å². The van der Waals surface area contributed by atoms with E-state index in [-0.39, 0.29) is 48.1 Å². The van der Waals surface area contributed by atoms with Gasteiger partial charge in [0.25, 0.3) is 0 Å². The van der Waals surface area contributed by atoms with Crippen molar-refractivity contribution < 1.29 is 9.53 Å². The average molecular weight is 422 g/mol. The molecule has 0 spiro atoms. The van der Waals surface area contributed by atoms with E-state index in [1.807, 2.05) is 0 Å². The Morgan fingerprint density at radius 2 is 1.74 bits per heavy atom. The molecule has 0 aromatic rings. The molecule has 4 unspecified atom stereocenters. The number of nitrogens with zero attached hydrogens (tertiary/aromatic N) is 1. The van der Waals surface area contributed by atoms with Crippen LogP contribution in [0.2, 0.25) is 0 Å². The summed E-state index contributed by atoms with van der Waals surface area (Å²) >= 11 is 0. The summed E-state index contributed by atoms with van der Waals surface area (Å²) in [7, 11) is 0. The number of nitrogens with two attached hydrogens (primary N) is 1. The molecule has 2 bridgehead atoms. The zero-order chi connectivity index (χ0) is 17.3. The highest BCUT2D eigenvalue weighted by Crippen LogP contribution is 2.47. The quantitative estimate of drug-likeness (QED) is 0.715. The first-order valence-electron chi connectivity index (χ1n) is 10.5. The van der Waals surface area contributed by atoms with E-state index in [1.54, 1.807) is 0 Å². The van der Waals surface area contributed by atoms with Crippen LogP contribution in [0.3, 0.4) is 0 Å². The molecule has 3 saturated carbocycles. The molecular weight excluding hydrogens is 385 g/mol. The number of hydrogen-bond acceptors (Lipinski definition) is 4. The van der Waals surface area contributed by atoms with Gasteiger partial charge in [-0.25, -0.2) is 0 Å². The number of fused-ring (bicyclic) bond motifs is 2. The second kappa shape index (κ2) is 10.1. The highest BCUT2D eigenvalue weighted by atomic mass is 35.5. The van der Waals surface area contributed by atoms with Crippen molar-refractivity contribution in [2.75, 3.05) is 39.4 Å². The molecule has 3 N–H and O–H groups in total. The molecule has 1 aliphatic heterocycles. The van der Waals surface area contributed by atoms with Crippen molar-refractivity contribution in [1.29, 1.82) is 0 Å². The Hall–Kier alpha value is -0.0700. The number of morpholine rings is 1. The smallest absolute Gasteiger partial charge is 0.224 e. The Bertz CT molecular complexity index is 480. The first-order valence-corrected chi connectivity index (χ1v) is 10.5. The lowest BCUT2D eigenvalue weighted by Crippen LogP contribution is -2.52. The lowest BCUT2D eigenvalue weighted by atomic mass is 9.73. The van der Waals surface area contributed by atoms with Crippen molar-refractivity contribution in [1.82, 2.24) is 10.2 Å². The predicted molar refractivity (Wildman–Crippen MR) is 113 cm³/mol. The van der Waals surface area contributed by atoms with Crippen molar-refractivity contribution in [2.24, 2.45) is 28.9 Å². The fourth-order valence-corrected chi connectivity index (χ4v) is 6.04. The van der Waals surface area contributed by atoms with Gasteiger partial charge < -0.3 is 15.8 Å². The summed E-state index contributed by atoms with van der Waals surface area (Å²) in [6, 6.07) is 0.0975. The molecule has 4 aliphatic rings. The fourth-order valence-electron chi connectivity index (χ4n) is 6.04. The number of nitrogens with one attached hydrogen (secondary N) is 1. The van der Waals surface area contributed by atoms with Gasteiger partial charge in [0.2, 0.25) is 5.91 Å². The molecular formula is C20H37Cl2N3O2. The van der Waals surface area contributed by atoms with Gasteiger partial charge in [0.1, 0.15) is 0 Å². The van der Waals surface area contributed by atoms with Crippen molar-refractivity contribution in [3.05, 3.63) is 0 Å². The molecule has 1 saturated heterocycles. The van der Waals surface area contributed by atoms with Crippen molar-refractivity contribution >= 4 is 30.7 Å². The monoisotopic (exact) mass is 421 g/mol. The summed E-state index contributed by atoms with van der Waals surface area (Å²) in [5.74, 6) is 1.45. The van der Waals surface area contributed by atoms with E-state index in [0.717, 1.165) is 39.4 Å². The Kier molecular flexibility index (Phi) is 8.69. The Labute approximate surface area is 176 Å². The predicted octanol–water partition coefficient (Wildman–Crippen LogP) is 2.60. The van der Waals surface area contributed by atoms with Crippen molar-refractivity contribution in [3.63, 3.8) is 0 Å². The normalized spacial score (nSPS) is 35.1. The van der Waals surface area contributed by atoms with Gasteiger partial charge in [-0.05, 0) is 43.9 Å². The van der Waals surface area contributed by atoms with Gasteiger partial charge in [-0.2, -0.15) is 0 Å². The molecule has 4 rings (SSSR count). The molecule has 27 heavy (non-hydrogen) atoms. The third-order valence-electron chi connectivity index (χ3n) is 7.50. The third-order valence-corrected chi connectivity index (χ3v) is 7.50. The second-order valence-corrected chi connectivity index (χ2v) is 9.10. The van der Waals surface area contributed by atoms with Gasteiger partial charge in [0.05, 0.1) is 19.1 Å². The van der Waals surface area contributed by atoms with Gasteiger partial charge in [0, 0.05) is 37.6 Å². The molecule has 4 fully saturated rings. The number of carbonyl (C=O) groups is 1. The SMILES string of the molecule is Cl.Cl.NC1C2CCC(C2)C1C(=O)NCC1(CN2CCOCC2)CCCCC1. The minimum Gasteiger partial charge on any atom is -0.379 e. The second-order valence-electron chi connectivity index (χ2n) is 9.10. The van der Waals surface area contributed by atoms with E-state index in [2.05, 4.69) is 10.2 Å². The lowest BCUT2D eigenvalue weighted by Gasteiger charge is -2.42. The lowest BCUT2D eigenvalue weighted by molar-refractivity contribution is -0.127. The van der Waals surface area contributed by atoms with E-state index >= 15 is 0 Å². The van der Waals surface area contributed by atoms with Crippen molar-refractivity contribution in [3.8, 4) is 0 Å². The van der Waals surface area contributed by atoms with Crippen LogP contribution >= 0.6 is 24.8 Å². The summed E-state index contributed by atoms with van der Waals surface area (Å²) in [4.78, 5) is 15.4. The average Bonchev–Trinajstić information content (AvgIpc) is 3.23. The molecule has 158 valence electrons. The van der Waals surface area contributed by atoms with Crippen LogP contribution in [0.15, 0.2) is 0 Å². The molecule has 3 aliphatic carbocycles. The summed E-state index contributed by atoms with van der Waals surface area (Å²) in [5.41, 5.74) is 6.63. The molecule has 4 atom stereocenters. The Balaban J connectivity index is 0.00000131. The first-order chi connectivity index (χ1) is 12.2. The highest BCUT2D eigenvalue weighted by molar-refractivity contribution is 5.85. The molecule has 1 amide bonds. The molecule has 5 nitrogen and oxygen atoms in total. The standard InChI is InChI=1S/C20H35N3O2.2ClH/c21-18-16-5-4-15(12-16)17(18)19(24)22-13-20(6-2-1-3-7-20)14-23-8-10-25-11-9-23;;/h15-18H,1-14,21H2,(H,22,24);2*1H. The first kappa shape index (κ1) is 23.2. The van der Waals surface area contributed by atoms with Gasteiger partial charge in [-0.15, -0.1) is 24.8 Å². The number of ether oxygens (including phenoxy) is 1. The fraction of sp³-hybridized carbons (Fsp3) is 0.950. The van der Waals surface area contributed by atoms with Crippen LogP contribution < -0.4 is 11.1 Å². The van der Waals surface area contributed by atoms with Gasteiger partial charge >= 0.3 is 0 Å². The topological polar surface area (TPSA) is 67.6 Å². The molecule has 0 radical (unpaired) electrons. The van der Waals surface area contributed by atoms with Crippen LogP contribution in [0.5, 0.6) is 0 Å². The van der Waals surface area contributed by atoms with Gasteiger partial charge in [-0.3, -0.25) is 9.69 Å². The van der Waals surface area contributed by atoms with Crippen LogP contribution in [-0.2, 0) is 9.53 Å². The van der Waals surface area contributed by atoms with Crippen LogP contribution in [0, 0.1) is 23.2 Å². The molecule has 0 aromatic carbocycles. The summed E-state index contributed by atoms with van der Waals surface area (Å²) in [6.07, 6.45) is 10.0. The largest absolute Gasteiger partial charge is 0.379 e. The van der Waals surface area contributed by atoms with Gasteiger partial charge in [-0.1, -0.05) is 19.3 Å². The van der Waals surface area contributed by atoms with Crippen LogP contribution in [0.1, 0.15) is 51.4 Å². The van der Waals surface area contributed by atoms with Crippen molar-refractivity contribution in [2.45, 2.75) is 57.4 Å². The minimum atomic E-state index is 0. The summed E-state index contributed by atoms with van der Waals surface area (Å²) < 4.78 is 5.50. The van der Waals surface area contributed by atoms with E-state index in [1.165, 1.54) is 51.4 Å². The third kappa shape index (κ3) is 5.11. The number of halogens is 2. The molecule has 1 heterocycles. The Morgan fingerprint density at radius 3 is 2.37 bits per heavy atom. The number of carbonyl (C=O) groups excluding carboxylic acids is 1. The van der Waals surface area contributed by atoms with Crippen LogP contribution in [0.4, 0.5) is 0 Å². The maximum Gasteiger partial charge on any atom is 0.224 e. The van der Waals surface area contributed by atoms with E-state index in [0.29, 0.717) is 11.8 Å².